The summed E-state index contributed by atoms with van der Waals surface area (Å²) >= 11 is 0. The van der Waals surface area contributed by atoms with Crippen LogP contribution in [0.15, 0.2) is 23.1 Å². The highest BCUT2D eigenvalue weighted by Crippen LogP contribution is 2.42. The molecule has 1 aliphatic carbocycles. The van der Waals surface area contributed by atoms with Gasteiger partial charge >= 0.3 is 0 Å². The van der Waals surface area contributed by atoms with Gasteiger partial charge in [-0.15, -0.1) is 0 Å². The van der Waals surface area contributed by atoms with Crippen LogP contribution in [0.4, 0.5) is 0 Å². The summed E-state index contributed by atoms with van der Waals surface area (Å²) in [6.45, 7) is 9.84. The lowest BCUT2D eigenvalue weighted by Gasteiger charge is -2.52. The first kappa shape index (κ1) is 17.4. The van der Waals surface area contributed by atoms with Crippen LogP contribution in [-0.2, 0) is 21.1 Å². The van der Waals surface area contributed by atoms with Gasteiger partial charge in [0.25, 0.3) is 0 Å². The van der Waals surface area contributed by atoms with Crippen molar-refractivity contribution in [2.45, 2.75) is 57.7 Å². The first-order chi connectivity index (χ1) is 10.2. The topological polar surface area (TPSA) is 55.4 Å². The van der Waals surface area contributed by atoms with Gasteiger partial charge in [0.05, 0.1) is 11.0 Å². The molecule has 1 aromatic carbocycles. The van der Waals surface area contributed by atoms with Crippen LogP contribution >= 0.6 is 0 Å². The lowest BCUT2D eigenvalue weighted by molar-refractivity contribution is -0.114. The van der Waals surface area contributed by atoms with Crippen molar-refractivity contribution < 1.29 is 13.2 Å². The second-order valence-corrected chi connectivity index (χ2v) is 8.79. The van der Waals surface area contributed by atoms with Crippen LogP contribution in [0.3, 0.4) is 0 Å². The Labute approximate surface area is 134 Å². The second-order valence-electron chi connectivity index (χ2n) is 6.81. The predicted octanol–water partition coefficient (Wildman–Crippen LogP) is 2.69. The van der Waals surface area contributed by atoms with Gasteiger partial charge < -0.3 is 10.1 Å². The summed E-state index contributed by atoms with van der Waals surface area (Å²) in [5.41, 5.74) is 2.06. The molecule has 0 radical (unpaired) electrons. The van der Waals surface area contributed by atoms with E-state index < -0.39 is 9.84 Å². The quantitative estimate of drug-likeness (QED) is 0.874. The molecule has 1 saturated carbocycles. The fourth-order valence-corrected chi connectivity index (χ4v) is 4.15. The second kappa shape index (κ2) is 6.30. The number of nitrogens with one attached hydrogen (secondary N) is 1. The Bertz CT molecular complexity index is 637. The molecule has 1 aromatic rings. The van der Waals surface area contributed by atoms with Crippen molar-refractivity contribution in [1.29, 1.82) is 0 Å². The molecule has 124 valence electrons. The van der Waals surface area contributed by atoms with Gasteiger partial charge in [0, 0.05) is 30.9 Å². The fourth-order valence-electron chi connectivity index (χ4n) is 3.19. The van der Waals surface area contributed by atoms with E-state index in [4.69, 9.17) is 4.74 Å². The van der Waals surface area contributed by atoms with Gasteiger partial charge in [-0.3, -0.25) is 0 Å². The zero-order valence-corrected chi connectivity index (χ0v) is 15.0. The summed E-state index contributed by atoms with van der Waals surface area (Å²) in [6.07, 6.45) is 2.60. The summed E-state index contributed by atoms with van der Waals surface area (Å²) in [5, 5.41) is 3.57. The molecular formula is C17H27NO3S. The average Bonchev–Trinajstić information content (AvgIpc) is 2.40. The summed E-state index contributed by atoms with van der Waals surface area (Å²) in [6, 6.07) is 5.98. The molecule has 22 heavy (non-hydrogen) atoms. The maximum absolute atomic E-state index is 11.6. The first-order valence-electron chi connectivity index (χ1n) is 7.80. The highest BCUT2D eigenvalue weighted by molar-refractivity contribution is 7.90. The molecule has 0 unspecified atom stereocenters. The molecule has 1 fully saturated rings. The molecule has 0 aliphatic heterocycles. The van der Waals surface area contributed by atoms with E-state index in [9.17, 15) is 8.42 Å². The Morgan fingerprint density at radius 3 is 2.55 bits per heavy atom. The van der Waals surface area contributed by atoms with Crippen LogP contribution in [0.1, 0.15) is 38.3 Å². The summed E-state index contributed by atoms with van der Waals surface area (Å²) in [7, 11) is -3.14. The number of aryl methyl sites for hydroxylation is 1. The van der Waals surface area contributed by atoms with Gasteiger partial charge in [-0.2, -0.15) is 0 Å². The number of sulfone groups is 1. The van der Waals surface area contributed by atoms with E-state index in [-0.39, 0.29) is 5.41 Å². The number of benzene rings is 1. The van der Waals surface area contributed by atoms with Crippen LogP contribution in [0.25, 0.3) is 0 Å². The lowest BCUT2D eigenvalue weighted by atomic mass is 9.64. The van der Waals surface area contributed by atoms with Crippen molar-refractivity contribution in [2.24, 2.45) is 5.41 Å². The van der Waals surface area contributed by atoms with Crippen molar-refractivity contribution in [1.82, 2.24) is 5.32 Å². The van der Waals surface area contributed by atoms with E-state index in [0.717, 1.165) is 30.7 Å². The van der Waals surface area contributed by atoms with Crippen LogP contribution in [0.2, 0.25) is 0 Å². The largest absolute Gasteiger partial charge is 0.378 e. The zero-order valence-electron chi connectivity index (χ0n) is 14.1. The molecular weight excluding hydrogens is 298 g/mol. The van der Waals surface area contributed by atoms with E-state index in [1.54, 1.807) is 6.07 Å². The van der Waals surface area contributed by atoms with E-state index in [1.807, 2.05) is 26.0 Å². The van der Waals surface area contributed by atoms with Crippen LogP contribution in [0.5, 0.6) is 0 Å². The third-order valence-electron chi connectivity index (χ3n) is 4.74. The maximum Gasteiger partial charge on any atom is 0.175 e. The zero-order chi connectivity index (χ0) is 16.5. The van der Waals surface area contributed by atoms with E-state index in [1.165, 1.54) is 6.26 Å². The third-order valence-corrected chi connectivity index (χ3v) is 5.99. The van der Waals surface area contributed by atoms with Crippen molar-refractivity contribution in [3.63, 3.8) is 0 Å². The van der Waals surface area contributed by atoms with Gasteiger partial charge in [0.15, 0.2) is 9.84 Å². The summed E-state index contributed by atoms with van der Waals surface area (Å²) in [4.78, 5) is 0.414. The van der Waals surface area contributed by atoms with E-state index >= 15 is 0 Å². The Morgan fingerprint density at radius 2 is 2.05 bits per heavy atom. The molecule has 2 rings (SSSR count). The molecule has 0 spiro atoms. The Balaban J connectivity index is 1.98. The molecule has 4 nitrogen and oxygen atoms in total. The fraction of sp³-hybridized carbons (Fsp3) is 0.647. The standard InChI is InChI=1S/C17H27NO3S/c1-6-21-16-10-15(17(16,3)4)18-11-13-7-8-14(12(2)9-13)22(5,19)20/h7-9,15-16,18H,6,10-11H2,1-5H3/t15-,16+/m1/s1. The summed E-state index contributed by atoms with van der Waals surface area (Å²) in [5.74, 6) is 0. The normalized spacial score (nSPS) is 24.0. The van der Waals surface area contributed by atoms with Crippen molar-refractivity contribution in [3.05, 3.63) is 29.3 Å². The van der Waals surface area contributed by atoms with Gasteiger partial charge in [-0.05, 0) is 37.5 Å². The molecule has 2 atom stereocenters. The maximum atomic E-state index is 11.6. The molecule has 0 aromatic heterocycles. The van der Waals surface area contributed by atoms with Crippen LogP contribution < -0.4 is 5.32 Å². The molecule has 1 aliphatic rings. The van der Waals surface area contributed by atoms with Crippen LogP contribution in [0, 0.1) is 12.3 Å². The highest BCUT2D eigenvalue weighted by atomic mass is 32.2. The molecule has 0 saturated heterocycles. The Hall–Kier alpha value is -0.910. The minimum atomic E-state index is -3.14. The number of hydrogen-bond acceptors (Lipinski definition) is 4. The number of ether oxygens (including phenoxy) is 1. The number of hydrogen-bond donors (Lipinski definition) is 1. The van der Waals surface area contributed by atoms with Gasteiger partial charge in [-0.1, -0.05) is 26.0 Å². The first-order valence-corrected chi connectivity index (χ1v) is 9.70. The smallest absolute Gasteiger partial charge is 0.175 e. The molecule has 0 bridgehead atoms. The monoisotopic (exact) mass is 325 g/mol. The third kappa shape index (κ3) is 3.53. The van der Waals surface area contributed by atoms with E-state index in [2.05, 4.69) is 19.2 Å². The molecule has 0 amide bonds. The van der Waals surface area contributed by atoms with Gasteiger partial charge in [-0.25, -0.2) is 8.42 Å². The average molecular weight is 325 g/mol. The SMILES string of the molecule is CCO[C@H]1C[C@@H](NCc2ccc(S(C)(=O)=O)c(C)c2)C1(C)C. The minimum absolute atomic E-state index is 0.137. The number of rotatable bonds is 6. The Kier molecular flexibility index (Phi) is 5.00. The van der Waals surface area contributed by atoms with Crippen LogP contribution in [-0.4, -0.2) is 33.4 Å². The minimum Gasteiger partial charge on any atom is -0.378 e. The lowest BCUT2D eigenvalue weighted by Crippen LogP contribution is -2.60. The van der Waals surface area contributed by atoms with Crippen molar-refractivity contribution >= 4 is 9.84 Å². The predicted molar refractivity (Wildman–Crippen MR) is 88.7 cm³/mol. The van der Waals surface area contributed by atoms with E-state index in [0.29, 0.717) is 17.0 Å². The Morgan fingerprint density at radius 1 is 1.36 bits per heavy atom. The summed E-state index contributed by atoms with van der Waals surface area (Å²) < 4.78 is 29.0. The van der Waals surface area contributed by atoms with Crippen molar-refractivity contribution in [3.8, 4) is 0 Å². The van der Waals surface area contributed by atoms with Crippen molar-refractivity contribution in [2.75, 3.05) is 12.9 Å². The molecule has 0 heterocycles. The molecule has 5 heteroatoms. The van der Waals surface area contributed by atoms with Gasteiger partial charge in [0.1, 0.15) is 0 Å². The van der Waals surface area contributed by atoms with Gasteiger partial charge in [0.2, 0.25) is 0 Å². The molecule has 1 N–H and O–H groups in total. The highest BCUT2D eigenvalue weighted by Gasteiger charge is 2.48.